The molecule has 0 spiro atoms. The average Bonchev–Trinajstić information content (AvgIpc) is 3.38. The summed E-state index contributed by atoms with van der Waals surface area (Å²) in [6, 6.07) is 0. The number of aryl methyl sites for hydroxylation is 1. The summed E-state index contributed by atoms with van der Waals surface area (Å²) >= 11 is 0. The fourth-order valence-corrected chi connectivity index (χ4v) is 4.11. The van der Waals surface area contributed by atoms with Gasteiger partial charge in [0.25, 0.3) is 0 Å². The van der Waals surface area contributed by atoms with Crippen LogP contribution in [0.4, 0.5) is 0 Å². The zero-order valence-electron chi connectivity index (χ0n) is 17.1. The number of likely N-dealkylation sites (tertiary alicyclic amines) is 1. The zero-order chi connectivity index (χ0) is 18.9. The van der Waals surface area contributed by atoms with Gasteiger partial charge in [-0.25, -0.2) is 0 Å². The van der Waals surface area contributed by atoms with Crippen molar-refractivity contribution in [3.05, 3.63) is 12.2 Å². The van der Waals surface area contributed by atoms with Crippen LogP contribution in [0.2, 0.25) is 0 Å². The monoisotopic (exact) mass is 376 g/mol. The molecule has 1 saturated heterocycles. The number of ether oxygens (including phenoxy) is 1. The molecular formula is C20H36N6O. The molecule has 1 aromatic heterocycles. The van der Waals surface area contributed by atoms with Crippen LogP contribution >= 0.6 is 0 Å². The second-order valence-corrected chi connectivity index (χ2v) is 7.70. The van der Waals surface area contributed by atoms with Crippen LogP contribution in [0.1, 0.15) is 58.2 Å². The second kappa shape index (κ2) is 10.6. The number of nitrogens with one attached hydrogen (secondary N) is 1. The zero-order valence-corrected chi connectivity index (χ0v) is 17.1. The largest absolute Gasteiger partial charge is 0.378 e. The van der Waals surface area contributed by atoms with Crippen molar-refractivity contribution in [3.63, 3.8) is 0 Å². The summed E-state index contributed by atoms with van der Waals surface area (Å²) in [5.41, 5.74) is 0. The number of aliphatic imine (C=N–C) groups is 1. The SMILES string of the molecule is CCNC(=NCCn1cnnc1CC)N1CCC(OCC2CCCC2)CC1. The van der Waals surface area contributed by atoms with Gasteiger partial charge < -0.3 is 19.5 Å². The number of aromatic nitrogens is 3. The molecule has 3 rings (SSSR count). The molecule has 0 bridgehead atoms. The molecule has 2 fully saturated rings. The number of nitrogens with zero attached hydrogens (tertiary/aromatic N) is 5. The summed E-state index contributed by atoms with van der Waals surface area (Å²) in [7, 11) is 0. The molecule has 152 valence electrons. The van der Waals surface area contributed by atoms with E-state index in [1.54, 1.807) is 6.33 Å². The minimum atomic E-state index is 0.425. The molecule has 1 N–H and O–H groups in total. The van der Waals surface area contributed by atoms with E-state index in [1.165, 1.54) is 25.7 Å². The molecule has 27 heavy (non-hydrogen) atoms. The summed E-state index contributed by atoms with van der Waals surface area (Å²) in [6.45, 7) is 9.70. The van der Waals surface area contributed by atoms with Gasteiger partial charge in [-0.05, 0) is 38.5 Å². The van der Waals surface area contributed by atoms with Crippen molar-refractivity contribution in [2.24, 2.45) is 10.9 Å². The Morgan fingerprint density at radius 3 is 2.70 bits per heavy atom. The minimum Gasteiger partial charge on any atom is -0.378 e. The van der Waals surface area contributed by atoms with Gasteiger partial charge in [0.2, 0.25) is 0 Å². The molecule has 1 aliphatic carbocycles. The van der Waals surface area contributed by atoms with Crippen molar-refractivity contribution in [1.29, 1.82) is 0 Å². The standard InChI is InChI=1S/C20H36N6O/c1-3-19-24-23-16-26(19)14-11-22-20(21-4-2)25-12-9-18(10-13-25)27-15-17-7-5-6-8-17/h16-18H,3-15H2,1-2H3,(H,21,22). The first-order valence-electron chi connectivity index (χ1n) is 10.8. The van der Waals surface area contributed by atoms with E-state index in [0.29, 0.717) is 6.10 Å². The normalized spacial score (nSPS) is 19.8. The van der Waals surface area contributed by atoms with Gasteiger partial charge in [-0.1, -0.05) is 19.8 Å². The van der Waals surface area contributed by atoms with E-state index < -0.39 is 0 Å². The number of hydrogen-bond acceptors (Lipinski definition) is 4. The molecule has 7 heteroatoms. The van der Waals surface area contributed by atoms with Crippen molar-refractivity contribution in [2.45, 2.75) is 71.4 Å². The van der Waals surface area contributed by atoms with E-state index in [9.17, 15) is 0 Å². The van der Waals surface area contributed by atoms with Crippen LogP contribution < -0.4 is 5.32 Å². The smallest absolute Gasteiger partial charge is 0.193 e. The molecule has 0 amide bonds. The number of guanidine groups is 1. The number of hydrogen-bond donors (Lipinski definition) is 1. The van der Waals surface area contributed by atoms with Gasteiger partial charge in [-0.2, -0.15) is 0 Å². The predicted octanol–water partition coefficient (Wildman–Crippen LogP) is 2.48. The summed E-state index contributed by atoms with van der Waals surface area (Å²) in [6.07, 6.45) is 10.8. The maximum atomic E-state index is 6.21. The predicted molar refractivity (Wildman–Crippen MR) is 108 cm³/mol. The van der Waals surface area contributed by atoms with Crippen molar-refractivity contribution in [2.75, 3.05) is 32.8 Å². The van der Waals surface area contributed by atoms with Crippen LogP contribution in [0.15, 0.2) is 11.3 Å². The van der Waals surface area contributed by atoms with E-state index in [0.717, 1.165) is 76.3 Å². The molecule has 1 aromatic rings. The highest BCUT2D eigenvalue weighted by molar-refractivity contribution is 5.80. The highest BCUT2D eigenvalue weighted by Crippen LogP contribution is 2.26. The van der Waals surface area contributed by atoms with E-state index in [2.05, 4.69) is 38.8 Å². The Bertz CT molecular complexity index is 573. The number of rotatable bonds is 8. The quantitative estimate of drug-likeness (QED) is 0.558. The van der Waals surface area contributed by atoms with Crippen molar-refractivity contribution in [1.82, 2.24) is 25.0 Å². The second-order valence-electron chi connectivity index (χ2n) is 7.70. The van der Waals surface area contributed by atoms with Crippen molar-refractivity contribution in [3.8, 4) is 0 Å². The summed E-state index contributed by atoms with van der Waals surface area (Å²) in [5, 5.41) is 11.6. The maximum absolute atomic E-state index is 6.21. The first kappa shape index (κ1) is 20.1. The van der Waals surface area contributed by atoms with Crippen molar-refractivity contribution >= 4 is 5.96 Å². The third kappa shape index (κ3) is 5.92. The van der Waals surface area contributed by atoms with Gasteiger partial charge in [-0.3, -0.25) is 4.99 Å². The van der Waals surface area contributed by atoms with Crippen LogP contribution in [0.5, 0.6) is 0 Å². The third-order valence-corrected chi connectivity index (χ3v) is 5.73. The Balaban J connectivity index is 1.44. The van der Waals surface area contributed by atoms with E-state index in [4.69, 9.17) is 9.73 Å². The lowest BCUT2D eigenvalue weighted by Gasteiger charge is -2.34. The van der Waals surface area contributed by atoms with E-state index >= 15 is 0 Å². The third-order valence-electron chi connectivity index (χ3n) is 5.73. The van der Waals surface area contributed by atoms with Crippen LogP contribution in [0.25, 0.3) is 0 Å². The van der Waals surface area contributed by atoms with Gasteiger partial charge in [-0.15, -0.1) is 10.2 Å². The molecule has 7 nitrogen and oxygen atoms in total. The molecule has 0 radical (unpaired) electrons. The topological polar surface area (TPSA) is 67.6 Å². The average molecular weight is 377 g/mol. The summed E-state index contributed by atoms with van der Waals surface area (Å²) in [5.74, 6) is 2.86. The Kier molecular flexibility index (Phi) is 7.93. The molecule has 0 atom stereocenters. The van der Waals surface area contributed by atoms with E-state index in [-0.39, 0.29) is 0 Å². The Hall–Kier alpha value is -1.63. The maximum Gasteiger partial charge on any atom is 0.193 e. The molecule has 1 aliphatic heterocycles. The number of piperidine rings is 1. The van der Waals surface area contributed by atoms with Crippen molar-refractivity contribution < 1.29 is 4.74 Å². The van der Waals surface area contributed by atoms with Gasteiger partial charge in [0.15, 0.2) is 5.96 Å². The lowest BCUT2D eigenvalue weighted by Crippen LogP contribution is -2.47. The van der Waals surface area contributed by atoms with Crippen LogP contribution in [0.3, 0.4) is 0 Å². The lowest BCUT2D eigenvalue weighted by atomic mass is 10.1. The van der Waals surface area contributed by atoms with E-state index in [1.807, 2.05) is 0 Å². The Morgan fingerprint density at radius 1 is 1.22 bits per heavy atom. The molecule has 2 heterocycles. The summed E-state index contributed by atoms with van der Waals surface area (Å²) < 4.78 is 8.30. The van der Waals surface area contributed by atoms with Gasteiger partial charge in [0.1, 0.15) is 12.2 Å². The highest BCUT2D eigenvalue weighted by atomic mass is 16.5. The first-order valence-corrected chi connectivity index (χ1v) is 10.8. The van der Waals surface area contributed by atoms with Crippen LogP contribution in [-0.2, 0) is 17.7 Å². The highest BCUT2D eigenvalue weighted by Gasteiger charge is 2.23. The van der Waals surface area contributed by atoms with Gasteiger partial charge in [0.05, 0.1) is 12.6 Å². The molecule has 0 aromatic carbocycles. The minimum absolute atomic E-state index is 0.425. The molecule has 0 unspecified atom stereocenters. The molecule has 2 aliphatic rings. The Labute approximate surface area is 163 Å². The Morgan fingerprint density at radius 2 is 2.00 bits per heavy atom. The summed E-state index contributed by atoms with van der Waals surface area (Å²) in [4.78, 5) is 7.22. The molecule has 1 saturated carbocycles. The molecular weight excluding hydrogens is 340 g/mol. The van der Waals surface area contributed by atoms with Gasteiger partial charge >= 0.3 is 0 Å². The fraction of sp³-hybridized carbons (Fsp3) is 0.850. The van der Waals surface area contributed by atoms with Crippen LogP contribution in [0, 0.1) is 5.92 Å². The first-order chi connectivity index (χ1) is 13.3. The lowest BCUT2D eigenvalue weighted by molar-refractivity contribution is 0.00101. The van der Waals surface area contributed by atoms with Crippen LogP contribution in [-0.4, -0.2) is 64.5 Å². The fourth-order valence-electron chi connectivity index (χ4n) is 4.11. The van der Waals surface area contributed by atoms with Gasteiger partial charge in [0, 0.05) is 39.2 Å².